The van der Waals surface area contributed by atoms with Gasteiger partial charge in [0.15, 0.2) is 0 Å². The number of hydrogen-bond acceptors (Lipinski definition) is 6. The first kappa shape index (κ1) is 30.5. The molecule has 3 aliphatic rings. The van der Waals surface area contributed by atoms with E-state index in [9.17, 15) is 0 Å². The van der Waals surface area contributed by atoms with Gasteiger partial charge in [0.05, 0.1) is 19.8 Å². The molecule has 0 aliphatic carbocycles. The molecule has 0 amide bonds. The highest BCUT2D eigenvalue weighted by atomic mass is 16.6. The van der Waals surface area contributed by atoms with Crippen LogP contribution in [-0.2, 0) is 38.3 Å². The van der Waals surface area contributed by atoms with Gasteiger partial charge in [-0.05, 0) is 70.3 Å². The summed E-state index contributed by atoms with van der Waals surface area (Å²) in [7, 11) is 0. The molecule has 3 aromatic rings. The number of hydrogen-bond donors (Lipinski definition) is 0. The first-order valence-corrected chi connectivity index (χ1v) is 14.8. The molecular formula is C37H40O6. The van der Waals surface area contributed by atoms with Crippen molar-refractivity contribution in [3.05, 3.63) is 132 Å². The molecule has 6 rings (SSSR count). The number of allylic oxidation sites excluding steroid dienone is 3. The summed E-state index contributed by atoms with van der Waals surface area (Å²) in [5.74, 6) is 1.77. The van der Waals surface area contributed by atoms with Crippen LogP contribution in [0.1, 0.15) is 51.0 Å². The van der Waals surface area contributed by atoms with Gasteiger partial charge >= 0.3 is 0 Å². The van der Waals surface area contributed by atoms with Crippen LogP contribution in [0.3, 0.4) is 0 Å². The summed E-state index contributed by atoms with van der Waals surface area (Å²) in [4.78, 5) is 8.00. The second-order valence-electron chi connectivity index (χ2n) is 11.0. The van der Waals surface area contributed by atoms with E-state index in [0.717, 1.165) is 61.7 Å². The van der Waals surface area contributed by atoms with Crippen molar-refractivity contribution in [3.63, 3.8) is 0 Å². The summed E-state index contributed by atoms with van der Waals surface area (Å²) in [6.45, 7) is 17.5. The Kier molecular flexibility index (Phi) is 10.3. The molecule has 0 aromatic heterocycles. The lowest BCUT2D eigenvalue weighted by Gasteiger charge is -2.23. The zero-order valence-electron chi connectivity index (χ0n) is 24.7. The Labute approximate surface area is 254 Å². The molecule has 0 spiro atoms. The van der Waals surface area contributed by atoms with E-state index in [-0.39, 0.29) is 24.2 Å². The Bertz CT molecular complexity index is 1360. The fourth-order valence-corrected chi connectivity index (χ4v) is 5.42. The lowest BCUT2D eigenvalue weighted by Crippen LogP contribution is -2.10. The van der Waals surface area contributed by atoms with Crippen LogP contribution in [0.25, 0.3) is 0 Å². The highest BCUT2D eigenvalue weighted by Gasteiger charge is 2.29. The highest BCUT2D eigenvalue weighted by molar-refractivity contribution is 5.52. The van der Waals surface area contributed by atoms with E-state index < -0.39 is 0 Å². The summed E-state index contributed by atoms with van der Waals surface area (Å²) in [6.07, 6.45) is 8.66. The standard InChI is InChI=1S/C36H38O5.CH2O/c1-4-7-24-16-27(10-13-32(24)35-23-41-35)36(28-11-14-33(25(17-28)8-5-2)39-21-30-19-37-30)29-12-15-34(26(18-29)9-6-3)40-22-31-20-38-31;1-2/h4-6,10-18,30-31,35-36H,1-3,7-9,19-23H2;1H2. The van der Waals surface area contributed by atoms with Gasteiger partial charge in [0.2, 0.25) is 0 Å². The van der Waals surface area contributed by atoms with Gasteiger partial charge in [0.25, 0.3) is 0 Å². The normalized spacial score (nSPS) is 20.1. The van der Waals surface area contributed by atoms with Crippen LogP contribution in [0.2, 0.25) is 0 Å². The van der Waals surface area contributed by atoms with Gasteiger partial charge in [-0.15, -0.1) is 19.7 Å². The van der Waals surface area contributed by atoms with Crippen LogP contribution in [0.15, 0.2) is 92.6 Å². The molecule has 0 radical (unpaired) electrons. The smallest absolute Gasteiger partial charge is 0.122 e. The first-order valence-electron chi connectivity index (χ1n) is 14.8. The average Bonchev–Trinajstić information content (AvgIpc) is 3.87. The first-order chi connectivity index (χ1) is 21.2. The van der Waals surface area contributed by atoms with E-state index in [1.807, 2.05) is 25.0 Å². The minimum absolute atomic E-state index is 0.00139. The second-order valence-corrected chi connectivity index (χ2v) is 11.0. The minimum atomic E-state index is 0.00139. The van der Waals surface area contributed by atoms with Gasteiger partial charge in [0, 0.05) is 5.92 Å². The zero-order valence-corrected chi connectivity index (χ0v) is 24.7. The van der Waals surface area contributed by atoms with Gasteiger partial charge in [-0.25, -0.2) is 0 Å². The van der Waals surface area contributed by atoms with Crippen molar-refractivity contribution in [2.24, 2.45) is 0 Å². The van der Waals surface area contributed by atoms with E-state index in [2.05, 4.69) is 74.3 Å². The molecule has 3 atom stereocenters. The summed E-state index contributed by atoms with van der Waals surface area (Å²) < 4.78 is 28.7. The Morgan fingerprint density at radius 2 is 1.07 bits per heavy atom. The van der Waals surface area contributed by atoms with E-state index in [1.54, 1.807) is 0 Å². The lowest BCUT2D eigenvalue weighted by atomic mass is 9.82. The van der Waals surface area contributed by atoms with Crippen molar-refractivity contribution in [2.45, 2.75) is 43.5 Å². The molecule has 3 aromatic carbocycles. The average molecular weight is 581 g/mol. The van der Waals surface area contributed by atoms with Crippen LogP contribution in [-0.4, -0.2) is 52.0 Å². The Hall–Kier alpha value is -3.97. The van der Waals surface area contributed by atoms with E-state index in [1.165, 1.54) is 27.8 Å². The van der Waals surface area contributed by atoms with Crippen LogP contribution in [0.4, 0.5) is 0 Å². The van der Waals surface area contributed by atoms with Gasteiger partial charge in [-0.3, -0.25) is 0 Å². The van der Waals surface area contributed by atoms with E-state index >= 15 is 0 Å². The van der Waals surface area contributed by atoms with Crippen molar-refractivity contribution in [3.8, 4) is 11.5 Å². The van der Waals surface area contributed by atoms with Crippen molar-refractivity contribution in [1.29, 1.82) is 0 Å². The van der Waals surface area contributed by atoms with Crippen LogP contribution in [0, 0.1) is 0 Å². The van der Waals surface area contributed by atoms with Crippen molar-refractivity contribution in [2.75, 3.05) is 33.0 Å². The Balaban J connectivity index is 0.00000180. The number of epoxide rings is 3. The highest BCUT2D eigenvalue weighted by Crippen LogP contribution is 2.40. The molecular weight excluding hydrogens is 540 g/mol. The largest absolute Gasteiger partial charge is 0.490 e. The summed E-state index contributed by atoms with van der Waals surface area (Å²) in [6, 6.07) is 19.9. The van der Waals surface area contributed by atoms with Crippen molar-refractivity contribution < 1.29 is 28.5 Å². The molecule has 224 valence electrons. The lowest BCUT2D eigenvalue weighted by molar-refractivity contribution is -0.0980. The third kappa shape index (κ3) is 7.90. The molecule has 3 heterocycles. The number of carbonyl (C=O) groups excluding carboxylic acids is 1. The molecule has 6 heteroatoms. The van der Waals surface area contributed by atoms with Crippen LogP contribution < -0.4 is 9.47 Å². The zero-order chi connectivity index (χ0) is 30.2. The topological polar surface area (TPSA) is 73.1 Å². The maximum atomic E-state index is 8.00. The molecule has 6 nitrogen and oxygen atoms in total. The van der Waals surface area contributed by atoms with Gasteiger partial charge in [-0.2, -0.15) is 0 Å². The predicted molar refractivity (Wildman–Crippen MR) is 168 cm³/mol. The SMILES string of the molecule is C=CCc1cc(C(c2ccc(OCC3CO3)c(CC=C)c2)c2ccc(C3CO3)c(CC=C)c2)ccc1OCC1CO1.C=O. The molecule has 43 heavy (non-hydrogen) atoms. The van der Waals surface area contributed by atoms with Crippen LogP contribution in [0.5, 0.6) is 11.5 Å². The maximum absolute atomic E-state index is 8.00. The second kappa shape index (κ2) is 14.5. The number of rotatable bonds is 16. The number of ether oxygens (including phenoxy) is 5. The molecule has 0 N–H and O–H groups in total. The monoisotopic (exact) mass is 580 g/mol. The summed E-state index contributed by atoms with van der Waals surface area (Å²) >= 11 is 0. The molecule has 3 aliphatic heterocycles. The van der Waals surface area contributed by atoms with Crippen molar-refractivity contribution >= 4 is 6.79 Å². The van der Waals surface area contributed by atoms with Gasteiger partial charge < -0.3 is 28.5 Å². The third-order valence-corrected chi connectivity index (χ3v) is 7.76. The molecule has 3 saturated heterocycles. The molecule has 0 bridgehead atoms. The summed E-state index contributed by atoms with van der Waals surface area (Å²) in [5, 5.41) is 0. The predicted octanol–water partition coefficient (Wildman–Crippen LogP) is 6.49. The van der Waals surface area contributed by atoms with Crippen molar-refractivity contribution in [1.82, 2.24) is 0 Å². The van der Waals surface area contributed by atoms with Gasteiger partial charge in [-0.1, -0.05) is 60.7 Å². The molecule has 0 saturated carbocycles. The third-order valence-electron chi connectivity index (χ3n) is 7.76. The van der Waals surface area contributed by atoms with E-state index in [0.29, 0.717) is 13.2 Å². The number of carbonyl (C=O) groups is 1. The summed E-state index contributed by atoms with van der Waals surface area (Å²) in [5.41, 5.74) is 8.37. The molecule has 3 fully saturated rings. The Morgan fingerprint density at radius 3 is 1.49 bits per heavy atom. The van der Waals surface area contributed by atoms with E-state index in [4.69, 9.17) is 28.5 Å². The number of benzene rings is 3. The maximum Gasteiger partial charge on any atom is 0.122 e. The Morgan fingerprint density at radius 1 is 0.651 bits per heavy atom. The van der Waals surface area contributed by atoms with Crippen LogP contribution >= 0.6 is 0 Å². The fourth-order valence-electron chi connectivity index (χ4n) is 5.42. The fraction of sp³-hybridized carbons (Fsp3) is 0.324. The van der Waals surface area contributed by atoms with Gasteiger partial charge in [0.1, 0.15) is 49.8 Å². The molecule has 3 unspecified atom stereocenters. The quantitative estimate of drug-likeness (QED) is 0.110. The minimum Gasteiger partial charge on any atom is -0.490 e.